The van der Waals surface area contributed by atoms with E-state index in [1.165, 1.54) is 7.11 Å². The first-order valence-corrected chi connectivity index (χ1v) is 16.6. The van der Waals surface area contributed by atoms with Crippen molar-refractivity contribution in [1.82, 2.24) is 15.4 Å². The molecule has 248 valence electrons. The van der Waals surface area contributed by atoms with Crippen LogP contribution in [0.25, 0.3) is 0 Å². The number of rotatable bonds is 16. The third-order valence-electron chi connectivity index (χ3n) is 7.71. The van der Waals surface area contributed by atoms with Gasteiger partial charge in [0.15, 0.2) is 0 Å². The van der Waals surface area contributed by atoms with Crippen LogP contribution in [0.15, 0.2) is 9.89 Å². The van der Waals surface area contributed by atoms with E-state index < -0.39 is 27.9 Å². The Labute approximate surface area is 261 Å². The van der Waals surface area contributed by atoms with Crippen molar-refractivity contribution >= 4 is 33.8 Å². The van der Waals surface area contributed by atoms with Crippen LogP contribution in [0.2, 0.25) is 0 Å². The Balaban J connectivity index is 1.94. The topological polar surface area (TPSA) is 204 Å². The average Bonchev–Trinajstić information content (AvgIpc) is 2.94. The van der Waals surface area contributed by atoms with Gasteiger partial charge in [-0.2, -0.15) is 0 Å². The minimum absolute atomic E-state index is 0.000196. The molecule has 14 heteroatoms. The van der Waals surface area contributed by atoms with Crippen molar-refractivity contribution in [2.24, 2.45) is 16.5 Å². The summed E-state index contributed by atoms with van der Waals surface area (Å²) < 4.78 is 40.2. The maximum atomic E-state index is 13.4. The zero-order valence-corrected chi connectivity index (χ0v) is 27.7. The lowest BCUT2D eigenvalue weighted by atomic mass is 9.88. The largest absolute Gasteiger partial charge is 0.487 e. The van der Waals surface area contributed by atoms with Crippen LogP contribution in [0.5, 0.6) is 5.75 Å². The highest BCUT2D eigenvalue weighted by Gasteiger charge is 2.33. The summed E-state index contributed by atoms with van der Waals surface area (Å²) in [6, 6.07) is -0.927. The van der Waals surface area contributed by atoms with Gasteiger partial charge in [0, 0.05) is 25.9 Å². The quantitative estimate of drug-likeness (QED) is 0.0773. The summed E-state index contributed by atoms with van der Waals surface area (Å²) in [5.41, 5.74) is 13.9. The maximum absolute atomic E-state index is 13.4. The number of methoxy groups -OCH3 is 1. The number of esters is 1. The second-order valence-electron chi connectivity index (χ2n) is 11.7. The van der Waals surface area contributed by atoms with Gasteiger partial charge in [0.2, 0.25) is 17.8 Å². The fraction of sp³-hybridized carbons (Fsp3) is 0.667. The molecule has 44 heavy (non-hydrogen) atoms. The summed E-state index contributed by atoms with van der Waals surface area (Å²) >= 11 is 0. The monoisotopic (exact) mass is 638 g/mol. The second kappa shape index (κ2) is 16.6. The minimum atomic E-state index is -4.04. The highest BCUT2D eigenvalue weighted by molar-refractivity contribution is 7.90. The molecule has 1 aliphatic heterocycles. The summed E-state index contributed by atoms with van der Waals surface area (Å²) in [6.45, 7) is 10.2. The summed E-state index contributed by atoms with van der Waals surface area (Å²) in [5, 5.41) is 5.31. The summed E-state index contributed by atoms with van der Waals surface area (Å²) in [7, 11) is -2.82. The number of guanidine groups is 1. The minimum Gasteiger partial charge on any atom is -0.487 e. The van der Waals surface area contributed by atoms with Crippen molar-refractivity contribution in [1.29, 1.82) is 0 Å². The van der Waals surface area contributed by atoms with Gasteiger partial charge >= 0.3 is 5.97 Å². The van der Waals surface area contributed by atoms with Crippen molar-refractivity contribution in [3.05, 3.63) is 22.3 Å². The molecule has 1 aromatic carbocycles. The third-order valence-corrected chi connectivity index (χ3v) is 9.34. The van der Waals surface area contributed by atoms with Gasteiger partial charge in [0.25, 0.3) is 10.0 Å². The molecule has 13 nitrogen and oxygen atoms in total. The highest BCUT2D eigenvalue weighted by atomic mass is 32.2. The summed E-state index contributed by atoms with van der Waals surface area (Å²) in [4.78, 5) is 40.7. The zero-order valence-electron chi connectivity index (χ0n) is 26.9. The van der Waals surface area contributed by atoms with Crippen molar-refractivity contribution in [2.75, 3.05) is 26.7 Å². The molecule has 0 bridgehead atoms. The number of aliphatic imine (C=N–C) groups is 1. The number of ether oxygens (including phenoxy) is 2. The zero-order chi connectivity index (χ0) is 33.1. The van der Waals surface area contributed by atoms with Crippen LogP contribution in [0, 0.1) is 20.8 Å². The molecule has 2 rings (SSSR count). The summed E-state index contributed by atoms with van der Waals surface area (Å²) in [6.07, 6.45) is 4.79. The van der Waals surface area contributed by atoms with Crippen LogP contribution in [0.3, 0.4) is 0 Å². The maximum Gasteiger partial charge on any atom is 0.328 e. The molecular weight excluding hydrogens is 588 g/mol. The number of sulfonamides is 1. The molecule has 0 saturated heterocycles. The Morgan fingerprint density at radius 2 is 1.73 bits per heavy atom. The van der Waals surface area contributed by atoms with E-state index in [9.17, 15) is 22.8 Å². The van der Waals surface area contributed by atoms with Crippen molar-refractivity contribution in [3.8, 4) is 5.75 Å². The predicted octanol–water partition coefficient (Wildman–Crippen LogP) is 1.77. The number of fused-ring (bicyclic) bond motifs is 1. The van der Waals surface area contributed by atoms with Crippen LogP contribution in [-0.2, 0) is 35.6 Å². The number of benzene rings is 1. The van der Waals surface area contributed by atoms with Gasteiger partial charge in [-0.3, -0.25) is 14.6 Å². The number of nitrogens with one attached hydrogen (secondary N) is 3. The summed E-state index contributed by atoms with van der Waals surface area (Å²) in [5.74, 6) is -0.729. The lowest BCUT2D eigenvalue weighted by molar-refractivity contribution is -0.145. The van der Waals surface area contributed by atoms with Crippen molar-refractivity contribution < 1.29 is 32.3 Å². The third kappa shape index (κ3) is 10.7. The Hall–Kier alpha value is -3.39. The van der Waals surface area contributed by atoms with Crippen molar-refractivity contribution in [3.63, 3.8) is 0 Å². The van der Waals surface area contributed by atoms with Crippen LogP contribution < -0.4 is 31.6 Å². The van der Waals surface area contributed by atoms with E-state index in [1.807, 2.05) is 20.8 Å². The number of hydrogen-bond acceptors (Lipinski definition) is 9. The van der Waals surface area contributed by atoms with E-state index in [4.69, 9.17) is 20.9 Å². The van der Waals surface area contributed by atoms with E-state index in [2.05, 4.69) is 20.3 Å². The number of nitrogens with two attached hydrogens (primary N) is 2. The first kappa shape index (κ1) is 36.8. The Morgan fingerprint density at radius 1 is 1.02 bits per heavy atom. The van der Waals surface area contributed by atoms with Crippen LogP contribution in [0.1, 0.15) is 87.5 Å². The number of hydrogen-bond donors (Lipinski definition) is 5. The molecule has 0 radical (unpaired) electrons. The molecule has 1 heterocycles. The number of nitrogens with zero attached hydrogens (tertiary/aromatic N) is 1. The van der Waals surface area contributed by atoms with Gasteiger partial charge in [-0.15, -0.1) is 0 Å². The lowest BCUT2D eigenvalue weighted by Crippen LogP contribution is -2.42. The van der Waals surface area contributed by atoms with E-state index in [0.717, 1.165) is 42.6 Å². The fourth-order valence-electron chi connectivity index (χ4n) is 5.14. The standard InChI is InChI=1S/C30H50N6O7S/c1-19-20(2)27(21(3)22-13-15-30(4,5)43-26(19)22)44(40,41)36-29(32)34-17-10-11-23(28(39)42-6)35-25(38)14-18-33-24(37)12-8-7-9-16-31/h23H,7-18,31H2,1-6H3,(H,33,37)(H,35,38)(H3,32,34,36). The molecule has 0 spiro atoms. The Kier molecular flexibility index (Phi) is 13.9. The van der Waals surface area contributed by atoms with E-state index >= 15 is 0 Å². The molecule has 1 unspecified atom stereocenters. The van der Waals surface area contributed by atoms with Gasteiger partial charge < -0.3 is 31.6 Å². The number of carbonyl (C=O) groups is 3. The van der Waals surface area contributed by atoms with Crippen molar-refractivity contribution in [2.45, 2.75) is 109 Å². The molecule has 2 amide bonds. The highest BCUT2D eigenvalue weighted by Crippen LogP contribution is 2.42. The molecule has 0 saturated carbocycles. The molecule has 1 aliphatic rings. The van der Waals surface area contributed by atoms with Crippen LogP contribution in [-0.4, -0.2) is 70.5 Å². The molecular formula is C30H50N6O7S. The van der Waals surface area contributed by atoms with E-state index in [-0.39, 0.29) is 48.3 Å². The molecule has 0 fully saturated rings. The normalized spacial score (nSPS) is 15.0. The Morgan fingerprint density at radius 3 is 2.39 bits per heavy atom. The predicted molar refractivity (Wildman–Crippen MR) is 169 cm³/mol. The second-order valence-corrected chi connectivity index (χ2v) is 13.4. The SMILES string of the molecule is COC(=O)C(CCCN=C(N)NS(=O)(=O)c1c(C)c(C)c2c(c1C)CCC(C)(C)O2)NC(=O)CCNC(=O)CCCCCN. The number of amides is 2. The molecule has 1 aromatic rings. The van der Waals surface area contributed by atoms with Gasteiger partial charge in [-0.25, -0.2) is 17.9 Å². The first-order valence-electron chi connectivity index (χ1n) is 15.1. The van der Waals surface area contributed by atoms with Crippen LogP contribution >= 0.6 is 0 Å². The molecule has 0 aromatic heterocycles. The number of carbonyl (C=O) groups excluding carboxylic acids is 3. The van der Waals surface area contributed by atoms with Gasteiger partial charge in [0.1, 0.15) is 17.4 Å². The van der Waals surface area contributed by atoms with E-state index in [0.29, 0.717) is 36.9 Å². The molecule has 0 aliphatic carbocycles. The molecule has 7 N–H and O–H groups in total. The molecule has 1 atom stereocenters. The average molecular weight is 639 g/mol. The lowest BCUT2D eigenvalue weighted by Gasteiger charge is -2.35. The van der Waals surface area contributed by atoms with Gasteiger partial charge in [-0.05, 0) is 102 Å². The van der Waals surface area contributed by atoms with Gasteiger partial charge in [0.05, 0.1) is 12.0 Å². The number of unbranched alkanes of at least 4 members (excludes halogenated alkanes) is 2. The van der Waals surface area contributed by atoms with E-state index in [1.54, 1.807) is 13.8 Å². The van der Waals surface area contributed by atoms with Gasteiger partial charge in [-0.1, -0.05) is 6.42 Å². The Bertz CT molecular complexity index is 1330. The van der Waals surface area contributed by atoms with Crippen LogP contribution in [0.4, 0.5) is 0 Å². The fourth-order valence-corrected chi connectivity index (χ4v) is 6.66. The first-order chi connectivity index (χ1) is 20.6. The smallest absolute Gasteiger partial charge is 0.328 e.